The van der Waals surface area contributed by atoms with Gasteiger partial charge in [-0.15, -0.1) is 0 Å². The van der Waals surface area contributed by atoms with Gasteiger partial charge in [0, 0.05) is 28.0 Å². The topological polar surface area (TPSA) is 70.5 Å². The molecule has 3 aromatic heterocycles. The third kappa shape index (κ3) is 1.88. The summed E-state index contributed by atoms with van der Waals surface area (Å²) in [5.74, 6) is 1.40. The number of aromatic nitrogens is 4. The molecule has 116 valence electrons. The zero-order valence-corrected chi connectivity index (χ0v) is 13.0. The molecule has 0 amide bonds. The zero-order chi connectivity index (χ0) is 16.1. The monoisotopic (exact) mass is 314 g/mol. The van der Waals surface area contributed by atoms with Crippen molar-refractivity contribution in [1.82, 2.24) is 20.2 Å². The molecule has 0 radical (unpaired) electrons. The van der Waals surface area contributed by atoms with Crippen LogP contribution in [-0.4, -0.2) is 20.2 Å². The standard InChI is InChI=1S/C19H14N4O/c1-11-9-21-19(24-11)15-7-12(8-18-16(15)10-22-23-18)13-3-2-4-17-14(13)5-6-20-17/h2-10,20H,1H3,(H,22,23). The zero-order valence-electron chi connectivity index (χ0n) is 13.0. The summed E-state index contributed by atoms with van der Waals surface area (Å²) in [4.78, 5) is 7.65. The summed E-state index contributed by atoms with van der Waals surface area (Å²) in [5.41, 5.74) is 5.28. The van der Waals surface area contributed by atoms with Crippen molar-refractivity contribution < 1.29 is 4.42 Å². The SMILES string of the molecule is Cc1cnc(-c2cc(-c3cccc4[nH]ccc34)cc3[nH]ncc23)o1. The number of aromatic amines is 2. The van der Waals surface area contributed by atoms with Crippen LogP contribution in [-0.2, 0) is 0 Å². The van der Waals surface area contributed by atoms with Crippen molar-refractivity contribution in [3.8, 4) is 22.6 Å². The van der Waals surface area contributed by atoms with Gasteiger partial charge in [0.2, 0.25) is 5.89 Å². The van der Waals surface area contributed by atoms with E-state index in [2.05, 4.69) is 56.6 Å². The van der Waals surface area contributed by atoms with E-state index in [0.717, 1.165) is 38.9 Å². The number of hydrogen-bond donors (Lipinski definition) is 2. The number of hydrogen-bond acceptors (Lipinski definition) is 3. The second-order valence-electron chi connectivity index (χ2n) is 5.88. The second kappa shape index (κ2) is 4.83. The quantitative estimate of drug-likeness (QED) is 0.497. The Morgan fingerprint density at radius 1 is 0.958 bits per heavy atom. The molecule has 0 atom stereocenters. The number of H-pyrrole nitrogens is 2. The van der Waals surface area contributed by atoms with Gasteiger partial charge < -0.3 is 9.40 Å². The van der Waals surface area contributed by atoms with Crippen LogP contribution in [0.1, 0.15) is 5.76 Å². The Hall–Kier alpha value is -3.34. The number of benzene rings is 2. The van der Waals surface area contributed by atoms with Crippen LogP contribution in [0.25, 0.3) is 44.4 Å². The van der Waals surface area contributed by atoms with Crippen LogP contribution in [0.4, 0.5) is 0 Å². The number of aryl methyl sites for hydroxylation is 1. The molecule has 0 spiro atoms. The third-order valence-corrected chi connectivity index (χ3v) is 4.32. The van der Waals surface area contributed by atoms with Crippen molar-refractivity contribution in [3.63, 3.8) is 0 Å². The van der Waals surface area contributed by atoms with Crippen LogP contribution in [0.2, 0.25) is 0 Å². The fourth-order valence-electron chi connectivity index (χ4n) is 3.20. The van der Waals surface area contributed by atoms with Gasteiger partial charge in [0.15, 0.2) is 0 Å². The lowest BCUT2D eigenvalue weighted by Crippen LogP contribution is -1.85. The lowest BCUT2D eigenvalue weighted by Gasteiger charge is -2.07. The molecular formula is C19H14N4O. The van der Waals surface area contributed by atoms with Crippen molar-refractivity contribution in [3.05, 3.63) is 60.7 Å². The summed E-state index contributed by atoms with van der Waals surface area (Å²) in [6.07, 6.45) is 5.51. The van der Waals surface area contributed by atoms with Crippen molar-refractivity contribution in [2.75, 3.05) is 0 Å². The summed E-state index contributed by atoms with van der Waals surface area (Å²) in [5, 5.41) is 9.43. The molecule has 24 heavy (non-hydrogen) atoms. The lowest BCUT2D eigenvalue weighted by atomic mass is 9.98. The minimum Gasteiger partial charge on any atom is -0.441 e. The average Bonchev–Trinajstić information content (AvgIpc) is 3.33. The van der Waals surface area contributed by atoms with E-state index in [1.54, 1.807) is 6.20 Å². The van der Waals surface area contributed by atoms with Gasteiger partial charge in [-0.25, -0.2) is 4.98 Å². The molecule has 0 saturated carbocycles. The van der Waals surface area contributed by atoms with Gasteiger partial charge in [-0.3, -0.25) is 5.10 Å². The molecule has 5 heteroatoms. The predicted molar refractivity (Wildman–Crippen MR) is 93.6 cm³/mol. The van der Waals surface area contributed by atoms with Crippen LogP contribution in [0.3, 0.4) is 0 Å². The first-order valence-electron chi connectivity index (χ1n) is 7.76. The summed E-state index contributed by atoms with van der Waals surface area (Å²) in [7, 11) is 0. The van der Waals surface area contributed by atoms with Crippen LogP contribution in [0, 0.1) is 6.92 Å². The van der Waals surface area contributed by atoms with Gasteiger partial charge in [0.05, 0.1) is 17.9 Å². The number of nitrogens with zero attached hydrogens (tertiary/aromatic N) is 2. The molecule has 2 aromatic carbocycles. The maximum atomic E-state index is 5.75. The van der Waals surface area contributed by atoms with E-state index in [1.807, 2.05) is 19.3 Å². The minimum absolute atomic E-state index is 0.613. The highest BCUT2D eigenvalue weighted by Crippen LogP contribution is 2.35. The Kier molecular flexibility index (Phi) is 2.64. The predicted octanol–water partition coefficient (Wildman–Crippen LogP) is 4.67. The molecule has 0 fully saturated rings. The molecular weight excluding hydrogens is 300 g/mol. The van der Waals surface area contributed by atoms with E-state index in [1.165, 1.54) is 5.39 Å². The number of fused-ring (bicyclic) bond motifs is 2. The van der Waals surface area contributed by atoms with Gasteiger partial charge in [-0.2, -0.15) is 5.10 Å². The fourth-order valence-corrected chi connectivity index (χ4v) is 3.20. The smallest absolute Gasteiger partial charge is 0.226 e. The highest BCUT2D eigenvalue weighted by molar-refractivity contribution is 6.01. The second-order valence-corrected chi connectivity index (χ2v) is 5.88. The lowest BCUT2D eigenvalue weighted by molar-refractivity contribution is 0.543. The van der Waals surface area contributed by atoms with Gasteiger partial charge in [-0.1, -0.05) is 12.1 Å². The van der Waals surface area contributed by atoms with Crippen molar-refractivity contribution in [1.29, 1.82) is 0 Å². The van der Waals surface area contributed by atoms with E-state index in [0.29, 0.717) is 5.89 Å². The van der Waals surface area contributed by atoms with Crippen LogP contribution in [0.15, 0.2) is 59.4 Å². The fraction of sp³-hybridized carbons (Fsp3) is 0.0526. The molecule has 5 rings (SSSR count). The molecule has 2 N–H and O–H groups in total. The molecule has 5 aromatic rings. The van der Waals surface area contributed by atoms with Gasteiger partial charge in [0.25, 0.3) is 0 Å². The minimum atomic E-state index is 0.613. The highest BCUT2D eigenvalue weighted by Gasteiger charge is 2.14. The highest BCUT2D eigenvalue weighted by atomic mass is 16.4. The summed E-state index contributed by atoms with van der Waals surface area (Å²) >= 11 is 0. The van der Waals surface area contributed by atoms with Gasteiger partial charge >= 0.3 is 0 Å². The summed E-state index contributed by atoms with van der Waals surface area (Å²) < 4.78 is 5.75. The van der Waals surface area contributed by atoms with Crippen LogP contribution < -0.4 is 0 Å². The van der Waals surface area contributed by atoms with Gasteiger partial charge in [-0.05, 0) is 42.3 Å². The third-order valence-electron chi connectivity index (χ3n) is 4.32. The van der Waals surface area contributed by atoms with Crippen molar-refractivity contribution in [2.24, 2.45) is 0 Å². The molecule has 0 saturated heterocycles. The molecule has 0 aliphatic heterocycles. The largest absolute Gasteiger partial charge is 0.441 e. The number of rotatable bonds is 2. The Morgan fingerprint density at radius 3 is 2.79 bits per heavy atom. The molecule has 0 unspecified atom stereocenters. The van der Waals surface area contributed by atoms with E-state index in [9.17, 15) is 0 Å². The van der Waals surface area contributed by atoms with Crippen LogP contribution in [0.5, 0.6) is 0 Å². The summed E-state index contributed by atoms with van der Waals surface area (Å²) in [6, 6.07) is 12.6. The molecule has 0 aliphatic rings. The number of nitrogens with one attached hydrogen (secondary N) is 2. The van der Waals surface area contributed by atoms with E-state index >= 15 is 0 Å². The Morgan fingerprint density at radius 2 is 1.92 bits per heavy atom. The Labute approximate surface area is 137 Å². The number of oxazole rings is 1. The van der Waals surface area contributed by atoms with Gasteiger partial charge in [0.1, 0.15) is 5.76 Å². The Balaban J connectivity index is 1.82. The van der Waals surface area contributed by atoms with E-state index < -0.39 is 0 Å². The molecule has 0 aliphatic carbocycles. The van der Waals surface area contributed by atoms with Crippen molar-refractivity contribution in [2.45, 2.75) is 6.92 Å². The summed E-state index contributed by atoms with van der Waals surface area (Å²) in [6.45, 7) is 1.90. The van der Waals surface area contributed by atoms with Crippen LogP contribution >= 0.6 is 0 Å². The Bertz CT molecular complexity index is 1180. The first-order valence-corrected chi connectivity index (χ1v) is 7.76. The average molecular weight is 314 g/mol. The molecule has 0 bridgehead atoms. The molecule has 3 heterocycles. The first kappa shape index (κ1) is 13.1. The van der Waals surface area contributed by atoms with E-state index in [4.69, 9.17) is 4.42 Å². The first-order chi connectivity index (χ1) is 11.8. The van der Waals surface area contributed by atoms with Crippen molar-refractivity contribution >= 4 is 21.8 Å². The van der Waals surface area contributed by atoms with E-state index in [-0.39, 0.29) is 0 Å². The normalized spacial score (nSPS) is 11.5. The maximum Gasteiger partial charge on any atom is 0.226 e. The maximum absolute atomic E-state index is 5.75. The molecule has 5 nitrogen and oxygen atoms in total.